The van der Waals surface area contributed by atoms with Crippen LogP contribution in [0.3, 0.4) is 0 Å². The topological polar surface area (TPSA) is 0 Å². The molecule has 0 aromatic carbocycles. The van der Waals surface area contributed by atoms with E-state index in [1.165, 1.54) is 51.4 Å². The Morgan fingerprint density at radius 3 is 0.731 bits per heavy atom. The maximum atomic E-state index is 2.41. The van der Waals surface area contributed by atoms with E-state index in [2.05, 4.69) is 27.7 Å². The molecule has 0 heteroatoms. The summed E-state index contributed by atoms with van der Waals surface area (Å²) in [4.78, 5) is 0. The molecule has 0 unspecified atom stereocenters. The van der Waals surface area contributed by atoms with E-state index in [1.54, 1.807) is 64.2 Å². The van der Waals surface area contributed by atoms with Gasteiger partial charge in [-0.3, -0.25) is 0 Å². The van der Waals surface area contributed by atoms with Gasteiger partial charge in [-0.25, -0.2) is 0 Å². The number of hydrogen-bond acceptors (Lipinski definition) is 0. The van der Waals surface area contributed by atoms with Gasteiger partial charge in [0.05, 0.1) is 0 Å². The van der Waals surface area contributed by atoms with Crippen molar-refractivity contribution in [2.45, 2.75) is 143 Å². The van der Waals surface area contributed by atoms with Crippen molar-refractivity contribution < 1.29 is 0 Å². The van der Waals surface area contributed by atoms with Crippen molar-refractivity contribution in [1.29, 1.82) is 0 Å². The van der Waals surface area contributed by atoms with E-state index in [9.17, 15) is 0 Å². The van der Waals surface area contributed by atoms with E-state index in [0.29, 0.717) is 0 Å². The second kappa shape index (κ2) is 8.16. The molecule has 0 radical (unpaired) electrons. The Balaban J connectivity index is 1.93. The Morgan fingerprint density at radius 1 is 0.385 bits per heavy atom. The molecule has 0 spiro atoms. The highest BCUT2D eigenvalue weighted by Crippen LogP contribution is 2.77. The maximum Gasteiger partial charge on any atom is -0.0282 e. The van der Waals surface area contributed by atoms with Crippen LogP contribution in [0, 0.1) is 21.7 Å². The van der Waals surface area contributed by atoms with Crippen molar-refractivity contribution in [3.05, 3.63) is 0 Å². The molecule has 26 heavy (non-hydrogen) atoms. The Kier molecular flexibility index (Phi) is 6.51. The molecule has 4 saturated carbocycles. The van der Waals surface area contributed by atoms with Gasteiger partial charge in [0.2, 0.25) is 0 Å². The largest absolute Gasteiger partial charge is 0.0654 e. The summed E-state index contributed by atoms with van der Waals surface area (Å²) in [7, 11) is 0. The highest BCUT2D eigenvalue weighted by Gasteiger charge is 2.66. The van der Waals surface area contributed by atoms with Crippen LogP contribution >= 0.6 is 0 Å². The van der Waals surface area contributed by atoms with Crippen LogP contribution in [0.1, 0.15) is 143 Å². The zero-order valence-corrected chi connectivity index (χ0v) is 18.7. The lowest BCUT2D eigenvalue weighted by molar-refractivity contribution is -0.212. The molecule has 4 bridgehead atoms. The molecule has 4 rings (SSSR count). The van der Waals surface area contributed by atoms with Crippen molar-refractivity contribution in [2.24, 2.45) is 21.7 Å². The van der Waals surface area contributed by atoms with Gasteiger partial charge >= 0.3 is 0 Å². The fourth-order valence-corrected chi connectivity index (χ4v) is 8.79. The molecule has 152 valence electrons. The molecule has 0 atom stereocenters. The molecule has 0 aromatic heterocycles. The standard InChI is InChI=1S/C26H48/c1-5-9-13-23-17-24(14-10-6-2)20-25(18-23,15-11-7-3)22-26(19-23,21-24)16-12-8-4/h5-22H2,1-4H3. The summed E-state index contributed by atoms with van der Waals surface area (Å²) >= 11 is 0. The first-order valence-electron chi connectivity index (χ1n) is 12.5. The van der Waals surface area contributed by atoms with E-state index in [0.717, 1.165) is 21.7 Å². The SMILES string of the molecule is CCCCC12CC3(CCCC)CC(CCCC)(C1)CC(CCCC)(C2)C3. The predicted molar refractivity (Wildman–Crippen MR) is 116 cm³/mol. The van der Waals surface area contributed by atoms with Crippen molar-refractivity contribution in [2.75, 3.05) is 0 Å². The van der Waals surface area contributed by atoms with Crippen LogP contribution in [0.25, 0.3) is 0 Å². The van der Waals surface area contributed by atoms with Gasteiger partial charge in [0.1, 0.15) is 0 Å². The van der Waals surface area contributed by atoms with Crippen LogP contribution in [0.5, 0.6) is 0 Å². The molecule has 0 amide bonds. The molecule has 0 N–H and O–H groups in total. The molecular formula is C26H48. The molecule has 4 aliphatic rings. The lowest BCUT2D eigenvalue weighted by atomic mass is 9.33. The first-order chi connectivity index (χ1) is 12.5. The highest BCUT2D eigenvalue weighted by molar-refractivity contribution is 5.17. The summed E-state index contributed by atoms with van der Waals surface area (Å²) in [6.07, 6.45) is 27.4. The first kappa shape index (κ1) is 20.7. The van der Waals surface area contributed by atoms with Gasteiger partial charge in [-0.1, -0.05) is 79.1 Å². The van der Waals surface area contributed by atoms with Gasteiger partial charge < -0.3 is 0 Å². The van der Waals surface area contributed by atoms with Crippen molar-refractivity contribution >= 4 is 0 Å². The summed E-state index contributed by atoms with van der Waals surface area (Å²) in [6, 6.07) is 0. The summed E-state index contributed by atoms with van der Waals surface area (Å²) < 4.78 is 0. The van der Waals surface area contributed by atoms with Crippen molar-refractivity contribution in [3.8, 4) is 0 Å². The van der Waals surface area contributed by atoms with Gasteiger partial charge in [0, 0.05) is 0 Å². The third-order valence-electron chi connectivity index (χ3n) is 8.74. The lowest BCUT2D eigenvalue weighted by Crippen LogP contribution is -2.61. The zero-order chi connectivity index (χ0) is 18.7. The predicted octanol–water partition coefficient (Wildman–Crippen LogP) is 9.07. The fourth-order valence-electron chi connectivity index (χ4n) is 8.79. The fraction of sp³-hybridized carbons (Fsp3) is 1.00. The van der Waals surface area contributed by atoms with E-state index in [1.807, 2.05) is 0 Å². The normalized spacial score (nSPS) is 41.1. The minimum absolute atomic E-state index is 0.736. The monoisotopic (exact) mass is 360 g/mol. The number of hydrogen-bond donors (Lipinski definition) is 0. The average molecular weight is 361 g/mol. The molecular weight excluding hydrogens is 312 g/mol. The summed E-state index contributed by atoms with van der Waals surface area (Å²) in [5, 5.41) is 0. The van der Waals surface area contributed by atoms with Crippen LogP contribution in [0.15, 0.2) is 0 Å². The van der Waals surface area contributed by atoms with Crippen LogP contribution < -0.4 is 0 Å². The van der Waals surface area contributed by atoms with Crippen LogP contribution in [-0.2, 0) is 0 Å². The third kappa shape index (κ3) is 4.05. The molecule has 4 aliphatic carbocycles. The summed E-state index contributed by atoms with van der Waals surface area (Å²) in [6.45, 7) is 9.64. The number of rotatable bonds is 12. The maximum absolute atomic E-state index is 2.41. The smallest absolute Gasteiger partial charge is 0.0282 e. The summed E-state index contributed by atoms with van der Waals surface area (Å²) in [5.41, 5.74) is 2.94. The summed E-state index contributed by atoms with van der Waals surface area (Å²) in [5.74, 6) is 0. The van der Waals surface area contributed by atoms with Gasteiger partial charge in [-0.05, 0) is 85.9 Å². The molecule has 0 nitrogen and oxygen atoms in total. The quantitative estimate of drug-likeness (QED) is 0.325. The van der Waals surface area contributed by atoms with Gasteiger partial charge in [-0.15, -0.1) is 0 Å². The van der Waals surface area contributed by atoms with E-state index >= 15 is 0 Å². The molecule has 0 saturated heterocycles. The Hall–Kier alpha value is 0. The van der Waals surface area contributed by atoms with E-state index in [4.69, 9.17) is 0 Å². The third-order valence-corrected chi connectivity index (χ3v) is 8.74. The van der Waals surface area contributed by atoms with Crippen LogP contribution in [-0.4, -0.2) is 0 Å². The van der Waals surface area contributed by atoms with Crippen molar-refractivity contribution in [1.82, 2.24) is 0 Å². The Morgan fingerprint density at radius 2 is 0.577 bits per heavy atom. The number of unbranched alkanes of at least 4 members (excludes halogenated alkanes) is 4. The molecule has 0 aromatic rings. The van der Waals surface area contributed by atoms with Crippen LogP contribution in [0.2, 0.25) is 0 Å². The van der Waals surface area contributed by atoms with Crippen LogP contribution in [0.4, 0.5) is 0 Å². The lowest BCUT2D eigenvalue weighted by Gasteiger charge is -2.72. The Labute approximate surface area is 165 Å². The van der Waals surface area contributed by atoms with Gasteiger partial charge in [0.25, 0.3) is 0 Å². The molecule has 0 aliphatic heterocycles. The van der Waals surface area contributed by atoms with Gasteiger partial charge in [0.15, 0.2) is 0 Å². The van der Waals surface area contributed by atoms with Crippen molar-refractivity contribution in [3.63, 3.8) is 0 Å². The Bertz CT molecular complexity index is 327. The second-order valence-corrected chi connectivity index (χ2v) is 11.5. The van der Waals surface area contributed by atoms with E-state index < -0.39 is 0 Å². The second-order valence-electron chi connectivity index (χ2n) is 11.5. The minimum atomic E-state index is 0.736. The zero-order valence-electron chi connectivity index (χ0n) is 18.7. The van der Waals surface area contributed by atoms with E-state index in [-0.39, 0.29) is 0 Å². The molecule has 0 heterocycles. The minimum Gasteiger partial charge on any atom is -0.0654 e. The highest BCUT2D eigenvalue weighted by atomic mass is 14.7. The first-order valence-corrected chi connectivity index (χ1v) is 12.5. The average Bonchev–Trinajstić information content (AvgIpc) is 2.60. The molecule has 4 fully saturated rings. The van der Waals surface area contributed by atoms with Gasteiger partial charge in [-0.2, -0.15) is 0 Å².